The number of benzene rings is 2. The summed E-state index contributed by atoms with van der Waals surface area (Å²) >= 11 is 0. The molecular weight excluding hydrogens is 284 g/mol. The molecule has 0 fully saturated rings. The molecule has 0 heterocycles. The van der Waals surface area contributed by atoms with Crippen LogP contribution in [0, 0.1) is 0 Å². The predicted octanol–water partition coefficient (Wildman–Crippen LogP) is 5.72. The van der Waals surface area contributed by atoms with Gasteiger partial charge in [0.25, 0.3) is 0 Å². The van der Waals surface area contributed by atoms with Crippen LogP contribution in [0.15, 0.2) is 48.5 Å². The number of rotatable bonds is 6. The first-order chi connectivity index (χ1) is 11.0. The summed E-state index contributed by atoms with van der Waals surface area (Å²) in [5.74, 6) is 0. The summed E-state index contributed by atoms with van der Waals surface area (Å²) in [6, 6.07) is 17.3. The van der Waals surface area contributed by atoms with Gasteiger partial charge in [-0.15, -0.1) is 0 Å². The van der Waals surface area contributed by atoms with Crippen molar-refractivity contribution in [2.45, 2.75) is 46.3 Å². The lowest BCUT2D eigenvalue weighted by Gasteiger charge is -2.19. The summed E-state index contributed by atoms with van der Waals surface area (Å²) in [6.07, 6.45) is -0.276. The summed E-state index contributed by atoms with van der Waals surface area (Å²) < 4.78 is 11.3. The molecule has 2 nitrogen and oxygen atoms in total. The van der Waals surface area contributed by atoms with Crippen molar-refractivity contribution in [3.8, 4) is 11.1 Å². The molecule has 0 bridgehead atoms. The van der Waals surface area contributed by atoms with Crippen molar-refractivity contribution in [2.75, 3.05) is 13.2 Å². The highest BCUT2D eigenvalue weighted by atomic mass is 16.7. The smallest absolute Gasteiger partial charge is 0.183 e. The summed E-state index contributed by atoms with van der Waals surface area (Å²) in [5, 5.41) is 0. The maximum absolute atomic E-state index is 5.64. The van der Waals surface area contributed by atoms with Crippen molar-refractivity contribution in [1.29, 1.82) is 0 Å². The van der Waals surface area contributed by atoms with Crippen LogP contribution in [0.25, 0.3) is 11.1 Å². The molecule has 0 aromatic heterocycles. The lowest BCUT2D eigenvalue weighted by Crippen LogP contribution is -2.10. The van der Waals surface area contributed by atoms with Gasteiger partial charge < -0.3 is 9.47 Å². The molecule has 124 valence electrons. The van der Waals surface area contributed by atoms with Crippen LogP contribution in [-0.4, -0.2) is 13.2 Å². The van der Waals surface area contributed by atoms with Crippen LogP contribution < -0.4 is 0 Å². The van der Waals surface area contributed by atoms with Crippen LogP contribution in [0.5, 0.6) is 0 Å². The zero-order valence-electron chi connectivity index (χ0n) is 14.9. The van der Waals surface area contributed by atoms with E-state index < -0.39 is 0 Å². The van der Waals surface area contributed by atoms with Crippen LogP contribution in [0.2, 0.25) is 0 Å². The molecule has 2 aromatic rings. The summed E-state index contributed by atoms with van der Waals surface area (Å²) in [6.45, 7) is 11.9. The van der Waals surface area contributed by atoms with Gasteiger partial charge in [0.1, 0.15) is 0 Å². The Kier molecular flexibility index (Phi) is 5.97. The van der Waals surface area contributed by atoms with Gasteiger partial charge in [-0.1, -0.05) is 69.3 Å². The largest absolute Gasteiger partial charge is 0.349 e. The third kappa shape index (κ3) is 4.66. The molecule has 0 spiro atoms. The van der Waals surface area contributed by atoms with Crippen molar-refractivity contribution in [1.82, 2.24) is 0 Å². The first kappa shape index (κ1) is 17.7. The van der Waals surface area contributed by atoms with Crippen molar-refractivity contribution in [3.63, 3.8) is 0 Å². The zero-order chi connectivity index (χ0) is 16.9. The molecule has 0 aliphatic heterocycles. The van der Waals surface area contributed by atoms with E-state index in [1.807, 2.05) is 13.8 Å². The van der Waals surface area contributed by atoms with Crippen LogP contribution in [0.3, 0.4) is 0 Å². The standard InChI is InChI=1S/C21H28O2/c1-6-22-20(23-7-2)18-10-8-16(9-11-18)17-12-14-19(15-13-17)21(3,4)5/h8-15,20H,6-7H2,1-5H3. The Bertz CT molecular complexity index is 585. The molecule has 0 N–H and O–H groups in total. The van der Waals surface area contributed by atoms with Gasteiger partial charge in [-0.3, -0.25) is 0 Å². The number of hydrogen-bond donors (Lipinski definition) is 0. The van der Waals surface area contributed by atoms with Gasteiger partial charge in [-0.25, -0.2) is 0 Å². The zero-order valence-corrected chi connectivity index (χ0v) is 14.9. The monoisotopic (exact) mass is 312 g/mol. The van der Waals surface area contributed by atoms with Gasteiger partial charge in [-0.2, -0.15) is 0 Å². The van der Waals surface area contributed by atoms with Gasteiger partial charge in [0, 0.05) is 18.8 Å². The normalized spacial score (nSPS) is 11.9. The Balaban J connectivity index is 2.18. The van der Waals surface area contributed by atoms with Crippen LogP contribution in [0.4, 0.5) is 0 Å². The average molecular weight is 312 g/mol. The van der Waals surface area contributed by atoms with E-state index in [1.54, 1.807) is 0 Å². The van der Waals surface area contributed by atoms with Crippen LogP contribution in [0.1, 0.15) is 52.0 Å². The van der Waals surface area contributed by atoms with E-state index in [0.717, 1.165) is 5.56 Å². The minimum atomic E-state index is -0.276. The van der Waals surface area contributed by atoms with Gasteiger partial charge in [-0.05, 0) is 36.0 Å². The van der Waals surface area contributed by atoms with E-state index in [0.29, 0.717) is 13.2 Å². The molecule has 2 rings (SSSR count). The Morgan fingerprint density at radius 2 is 1.17 bits per heavy atom. The second-order valence-corrected chi connectivity index (χ2v) is 6.69. The molecular formula is C21H28O2. The van der Waals surface area contributed by atoms with Gasteiger partial charge >= 0.3 is 0 Å². The molecule has 23 heavy (non-hydrogen) atoms. The Labute approximate surface area is 140 Å². The fourth-order valence-corrected chi connectivity index (χ4v) is 2.54. The van der Waals surface area contributed by atoms with Crippen molar-refractivity contribution in [2.24, 2.45) is 0 Å². The lowest BCUT2D eigenvalue weighted by molar-refractivity contribution is -0.140. The highest BCUT2D eigenvalue weighted by Crippen LogP contribution is 2.27. The van der Waals surface area contributed by atoms with Gasteiger partial charge in [0.05, 0.1) is 0 Å². The molecule has 2 heteroatoms. The van der Waals surface area contributed by atoms with Crippen molar-refractivity contribution < 1.29 is 9.47 Å². The van der Waals surface area contributed by atoms with E-state index in [4.69, 9.17) is 9.47 Å². The number of ether oxygens (including phenoxy) is 2. The first-order valence-corrected chi connectivity index (χ1v) is 8.39. The third-order valence-electron chi connectivity index (χ3n) is 3.90. The van der Waals surface area contributed by atoms with Gasteiger partial charge in [0.15, 0.2) is 6.29 Å². The van der Waals surface area contributed by atoms with E-state index in [1.165, 1.54) is 16.7 Å². The average Bonchev–Trinajstić information content (AvgIpc) is 2.54. The maximum atomic E-state index is 5.64. The van der Waals surface area contributed by atoms with E-state index in [2.05, 4.69) is 69.3 Å². The molecule has 0 radical (unpaired) electrons. The Hall–Kier alpha value is -1.64. The van der Waals surface area contributed by atoms with Gasteiger partial charge in [0.2, 0.25) is 0 Å². The Morgan fingerprint density at radius 1 is 0.739 bits per heavy atom. The van der Waals surface area contributed by atoms with E-state index in [-0.39, 0.29) is 11.7 Å². The lowest BCUT2D eigenvalue weighted by atomic mass is 9.86. The molecule has 0 saturated heterocycles. The van der Waals surface area contributed by atoms with Crippen LogP contribution in [-0.2, 0) is 14.9 Å². The highest BCUT2D eigenvalue weighted by Gasteiger charge is 2.14. The highest BCUT2D eigenvalue weighted by molar-refractivity contribution is 5.64. The second kappa shape index (κ2) is 7.76. The topological polar surface area (TPSA) is 18.5 Å². The summed E-state index contributed by atoms with van der Waals surface area (Å²) in [4.78, 5) is 0. The molecule has 0 aliphatic rings. The molecule has 0 saturated carbocycles. The molecule has 0 aliphatic carbocycles. The summed E-state index contributed by atoms with van der Waals surface area (Å²) in [5.41, 5.74) is 5.04. The minimum Gasteiger partial charge on any atom is -0.349 e. The minimum absolute atomic E-state index is 0.185. The molecule has 0 amide bonds. The first-order valence-electron chi connectivity index (χ1n) is 8.39. The predicted molar refractivity (Wildman–Crippen MR) is 96.6 cm³/mol. The van der Waals surface area contributed by atoms with Crippen molar-refractivity contribution >= 4 is 0 Å². The van der Waals surface area contributed by atoms with E-state index in [9.17, 15) is 0 Å². The number of hydrogen-bond acceptors (Lipinski definition) is 2. The third-order valence-corrected chi connectivity index (χ3v) is 3.90. The fraction of sp³-hybridized carbons (Fsp3) is 0.429. The maximum Gasteiger partial charge on any atom is 0.183 e. The van der Waals surface area contributed by atoms with Crippen LogP contribution >= 0.6 is 0 Å². The SMILES string of the molecule is CCOC(OCC)c1ccc(-c2ccc(C(C)(C)C)cc2)cc1. The quantitative estimate of drug-likeness (QED) is 0.635. The van der Waals surface area contributed by atoms with E-state index >= 15 is 0 Å². The second-order valence-electron chi connectivity index (χ2n) is 6.69. The molecule has 0 atom stereocenters. The Morgan fingerprint density at radius 3 is 1.57 bits per heavy atom. The molecule has 2 aromatic carbocycles. The fourth-order valence-electron chi connectivity index (χ4n) is 2.54. The summed E-state index contributed by atoms with van der Waals surface area (Å²) in [7, 11) is 0. The molecule has 0 unspecified atom stereocenters. The van der Waals surface area contributed by atoms with Crippen molar-refractivity contribution in [3.05, 3.63) is 59.7 Å².